The molecular formula is C20H15ClF2N4O. The van der Waals surface area contributed by atoms with Crippen LogP contribution in [0.15, 0.2) is 59.9 Å². The molecule has 28 heavy (non-hydrogen) atoms. The topological polar surface area (TPSA) is 64.3 Å². The molecule has 2 N–H and O–H groups in total. The van der Waals surface area contributed by atoms with Crippen LogP contribution in [0.25, 0.3) is 22.0 Å². The van der Waals surface area contributed by atoms with E-state index in [1.807, 2.05) is 0 Å². The second-order valence-corrected chi connectivity index (χ2v) is 6.60. The molecule has 0 saturated carbocycles. The molecule has 0 amide bonds. The molecule has 1 aliphatic heterocycles. The van der Waals surface area contributed by atoms with Crippen molar-refractivity contribution in [2.45, 2.75) is 6.23 Å². The summed E-state index contributed by atoms with van der Waals surface area (Å²) in [6.45, 7) is 0. The third kappa shape index (κ3) is 3.19. The summed E-state index contributed by atoms with van der Waals surface area (Å²) in [7, 11) is 1.49. The Balaban J connectivity index is 1.87. The molecule has 0 aliphatic carbocycles. The third-order valence-corrected chi connectivity index (χ3v) is 4.66. The Morgan fingerprint density at radius 2 is 2.04 bits per heavy atom. The van der Waals surface area contributed by atoms with Gasteiger partial charge in [-0.05, 0) is 35.9 Å². The molecular weight excluding hydrogens is 386 g/mol. The SMILES string of the molecule is COC1C=CC(Cl)=CN1c1ccc(F)c(-c2ccc3cnc(N)nc3c2)c1F. The van der Waals surface area contributed by atoms with Gasteiger partial charge in [-0.1, -0.05) is 23.7 Å². The van der Waals surface area contributed by atoms with Crippen LogP contribution >= 0.6 is 11.6 Å². The zero-order chi connectivity index (χ0) is 19.8. The van der Waals surface area contributed by atoms with E-state index in [-0.39, 0.29) is 17.2 Å². The summed E-state index contributed by atoms with van der Waals surface area (Å²) >= 11 is 6.06. The van der Waals surface area contributed by atoms with Crippen molar-refractivity contribution in [2.24, 2.45) is 0 Å². The number of ether oxygens (including phenoxy) is 1. The molecule has 142 valence electrons. The highest BCUT2D eigenvalue weighted by Crippen LogP contribution is 2.36. The molecule has 1 aromatic heterocycles. The Hall–Kier alpha value is -3.03. The number of rotatable bonds is 3. The van der Waals surface area contributed by atoms with Crippen molar-refractivity contribution < 1.29 is 13.5 Å². The van der Waals surface area contributed by atoms with Gasteiger partial charge in [0.25, 0.3) is 0 Å². The molecule has 8 heteroatoms. The Bertz CT molecular complexity index is 1130. The number of anilines is 2. The molecule has 0 fully saturated rings. The monoisotopic (exact) mass is 400 g/mol. The van der Waals surface area contributed by atoms with Crippen molar-refractivity contribution in [2.75, 3.05) is 17.7 Å². The van der Waals surface area contributed by atoms with Crippen LogP contribution in [0.1, 0.15) is 0 Å². The maximum Gasteiger partial charge on any atom is 0.220 e. The maximum absolute atomic E-state index is 15.4. The molecule has 2 aromatic carbocycles. The average Bonchev–Trinajstić information content (AvgIpc) is 2.68. The number of methoxy groups -OCH3 is 1. The van der Waals surface area contributed by atoms with E-state index in [0.717, 1.165) is 0 Å². The molecule has 0 spiro atoms. The van der Waals surface area contributed by atoms with Gasteiger partial charge in [0, 0.05) is 24.9 Å². The van der Waals surface area contributed by atoms with Crippen molar-refractivity contribution in [3.63, 3.8) is 0 Å². The van der Waals surface area contributed by atoms with Crippen molar-refractivity contribution in [1.82, 2.24) is 9.97 Å². The van der Waals surface area contributed by atoms with Gasteiger partial charge in [0.1, 0.15) is 5.82 Å². The van der Waals surface area contributed by atoms with Crippen LogP contribution in [0.4, 0.5) is 20.4 Å². The lowest BCUT2D eigenvalue weighted by Gasteiger charge is -2.30. The molecule has 1 atom stereocenters. The Labute approximate surface area is 164 Å². The minimum atomic E-state index is -0.737. The first-order chi connectivity index (χ1) is 13.5. The minimum absolute atomic E-state index is 0.0853. The van der Waals surface area contributed by atoms with Crippen LogP contribution < -0.4 is 10.6 Å². The third-order valence-electron chi connectivity index (χ3n) is 4.44. The van der Waals surface area contributed by atoms with Crippen LogP contribution in [0, 0.1) is 11.6 Å². The summed E-state index contributed by atoms with van der Waals surface area (Å²) in [6.07, 6.45) is 5.85. The van der Waals surface area contributed by atoms with E-state index < -0.39 is 17.9 Å². The second kappa shape index (κ2) is 7.18. The fourth-order valence-corrected chi connectivity index (χ4v) is 3.29. The summed E-state index contributed by atoms with van der Waals surface area (Å²) in [5.41, 5.74) is 6.40. The van der Waals surface area contributed by atoms with Gasteiger partial charge in [-0.25, -0.2) is 18.7 Å². The molecule has 0 saturated heterocycles. The zero-order valence-electron chi connectivity index (χ0n) is 14.7. The number of allylic oxidation sites excluding steroid dienone is 2. The molecule has 4 rings (SSSR count). The van der Waals surface area contributed by atoms with Gasteiger partial charge in [0.2, 0.25) is 5.95 Å². The number of benzene rings is 2. The quantitative estimate of drug-likeness (QED) is 0.696. The number of halogens is 3. The van der Waals surface area contributed by atoms with Gasteiger partial charge in [-0.3, -0.25) is 0 Å². The first-order valence-electron chi connectivity index (χ1n) is 8.35. The standard InChI is InChI=1S/C20H15ClF2N4O/c1-28-17-7-4-13(21)10-27(17)16-6-5-14(22)18(19(16)23)11-2-3-12-9-25-20(24)26-15(12)8-11/h2-10,17H,1H3,(H2,24,25,26). The first kappa shape index (κ1) is 18.3. The van der Waals surface area contributed by atoms with Crippen LogP contribution in [0.3, 0.4) is 0 Å². The fourth-order valence-electron chi connectivity index (χ4n) is 3.11. The summed E-state index contributed by atoms with van der Waals surface area (Å²) in [5.74, 6) is -1.35. The Kier molecular flexibility index (Phi) is 4.70. The number of hydrogen-bond acceptors (Lipinski definition) is 5. The molecule has 0 radical (unpaired) electrons. The molecule has 3 aromatic rings. The predicted molar refractivity (Wildman–Crippen MR) is 106 cm³/mol. The van der Waals surface area contributed by atoms with Crippen molar-refractivity contribution in [3.05, 3.63) is 71.5 Å². The van der Waals surface area contributed by atoms with E-state index in [0.29, 0.717) is 21.5 Å². The number of nitrogens with two attached hydrogens (primary N) is 1. The lowest BCUT2D eigenvalue weighted by Crippen LogP contribution is -2.33. The zero-order valence-corrected chi connectivity index (χ0v) is 15.5. The first-order valence-corrected chi connectivity index (χ1v) is 8.73. The minimum Gasteiger partial charge on any atom is -0.368 e. The molecule has 1 aliphatic rings. The number of hydrogen-bond donors (Lipinski definition) is 1. The summed E-state index contributed by atoms with van der Waals surface area (Å²) in [4.78, 5) is 9.54. The average molecular weight is 401 g/mol. The lowest BCUT2D eigenvalue weighted by molar-refractivity contribution is 0.143. The van der Waals surface area contributed by atoms with E-state index in [4.69, 9.17) is 22.1 Å². The molecule has 1 unspecified atom stereocenters. The van der Waals surface area contributed by atoms with Gasteiger partial charge in [-0.15, -0.1) is 0 Å². The van der Waals surface area contributed by atoms with Crippen LogP contribution in [0.2, 0.25) is 0 Å². The number of fused-ring (bicyclic) bond motifs is 1. The summed E-state index contributed by atoms with van der Waals surface area (Å²) in [6, 6.07) is 7.43. The van der Waals surface area contributed by atoms with Gasteiger partial charge in [0.05, 0.1) is 21.8 Å². The van der Waals surface area contributed by atoms with E-state index >= 15 is 4.39 Å². The van der Waals surface area contributed by atoms with Crippen molar-refractivity contribution >= 4 is 34.1 Å². The number of nitrogens with zero attached hydrogens (tertiary/aromatic N) is 3. The maximum atomic E-state index is 15.4. The number of nitrogen functional groups attached to an aromatic ring is 1. The lowest BCUT2D eigenvalue weighted by atomic mass is 10.0. The van der Waals surface area contributed by atoms with E-state index in [9.17, 15) is 4.39 Å². The van der Waals surface area contributed by atoms with Gasteiger partial charge < -0.3 is 15.4 Å². The number of aromatic nitrogens is 2. The fraction of sp³-hybridized carbons (Fsp3) is 0.100. The van der Waals surface area contributed by atoms with E-state index in [1.165, 1.54) is 30.3 Å². The molecule has 0 bridgehead atoms. The van der Waals surface area contributed by atoms with E-state index in [2.05, 4.69) is 9.97 Å². The Morgan fingerprint density at radius 1 is 1.21 bits per heavy atom. The molecule has 5 nitrogen and oxygen atoms in total. The van der Waals surface area contributed by atoms with Gasteiger partial charge >= 0.3 is 0 Å². The normalized spacial score (nSPS) is 16.5. The van der Waals surface area contributed by atoms with Crippen molar-refractivity contribution in [3.8, 4) is 11.1 Å². The summed E-state index contributed by atoms with van der Waals surface area (Å²) in [5, 5.41) is 1.11. The van der Waals surface area contributed by atoms with Crippen LogP contribution in [0.5, 0.6) is 0 Å². The largest absolute Gasteiger partial charge is 0.368 e. The highest BCUT2D eigenvalue weighted by molar-refractivity contribution is 6.31. The predicted octanol–water partition coefficient (Wildman–Crippen LogP) is 4.59. The highest BCUT2D eigenvalue weighted by atomic mass is 35.5. The van der Waals surface area contributed by atoms with Crippen LogP contribution in [-0.4, -0.2) is 23.3 Å². The van der Waals surface area contributed by atoms with Crippen LogP contribution in [-0.2, 0) is 4.74 Å². The van der Waals surface area contributed by atoms with Gasteiger partial charge in [-0.2, -0.15) is 0 Å². The van der Waals surface area contributed by atoms with Crippen molar-refractivity contribution in [1.29, 1.82) is 0 Å². The smallest absolute Gasteiger partial charge is 0.220 e. The summed E-state index contributed by atoms with van der Waals surface area (Å²) < 4.78 is 35.4. The van der Waals surface area contributed by atoms with Gasteiger partial charge in [0.15, 0.2) is 12.0 Å². The van der Waals surface area contributed by atoms with E-state index in [1.54, 1.807) is 36.5 Å². The molecule has 2 heterocycles. The highest BCUT2D eigenvalue weighted by Gasteiger charge is 2.24. The second-order valence-electron chi connectivity index (χ2n) is 6.16. The Morgan fingerprint density at radius 3 is 2.82 bits per heavy atom.